The molecule has 6 rings (SSSR count). The number of amides is 1. The number of aromatic nitrogens is 2. The highest BCUT2D eigenvalue weighted by molar-refractivity contribution is 6.00. The number of H-pyrrole nitrogens is 1. The van der Waals surface area contributed by atoms with E-state index in [4.69, 9.17) is 4.74 Å². The van der Waals surface area contributed by atoms with Crippen LogP contribution in [0.2, 0.25) is 0 Å². The van der Waals surface area contributed by atoms with E-state index < -0.39 is 6.04 Å². The molecular weight excluding hydrogens is 498 g/mol. The zero-order valence-electron chi connectivity index (χ0n) is 22.8. The van der Waals surface area contributed by atoms with Crippen LogP contribution >= 0.6 is 0 Å². The molecule has 1 amide bonds. The fourth-order valence-electron chi connectivity index (χ4n) is 5.56. The molecule has 0 aliphatic carbocycles. The molecule has 0 fully saturated rings. The molecule has 1 atom stereocenters. The number of aromatic amines is 1. The van der Waals surface area contributed by atoms with Crippen LogP contribution in [-0.2, 0) is 13.2 Å². The summed E-state index contributed by atoms with van der Waals surface area (Å²) in [5.74, 6) is 0.742. The van der Waals surface area contributed by atoms with E-state index in [2.05, 4.69) is 34.5 Å². The monoisotopic (exact) mass is 529 g/mol. The first kappa shape index (κ1) is 25.4. The quantitative estimate of drug-likeness (QED) is 0.237. The number of carbonyl (C=O) groups excluding carboxylic acids is 1. The molecule has 0 bridgehead atoms. The second-order valence-corrected chi connectivity index (χ2v) is 10.5. The Morgan fingerprint density at radius 2 is 1.65 bits per heavy atom. The van der Waals surface area contributed by atoms with E-state index in [-0.39, 0.29) is 11.7 Å². The first-order valence-electron chi connectivity index (χ1n) is 13.4. The molecule has 6 nitrogen and oxygen atoms in total. The number of nitrogens with one attached hydrogen (secondary N) is 1. The summed E-state index contributed by atoms with van der Waals surface area (Å²) in [6.45, 7) is 6.83. The predicted octanol–water partition coefficient (Wildman–Crippen LogP) is 7.03. The van der Waals surface area contributed by atoms with Gasteiger partial charge in [0, 0.05) is 17.7 Å². The van der Waals surface area contributed by atoms with E-state index in [1.807, 2.05) is 86.3 Å². The minimum atomic E-state index is -0.419. The molecule has 6 heteroatoms. The number of hydrogen-bond donors (Lipinski definition) is 2. The molecular formula is C34H31N3O3. The van der Waals surface area contributed by atoms with Gasteiger partial charge in [-0.15, -0.1) is 0 Å². The van der Waals surface area contributed by atoms with Gasteiger partial charge in [-0.1, -0.05) is 78.4 Å². The Morgan fingerprint density at radius 3 is 2.40 bits per heavy atom. The zero-order chi connectivity index (χ0) is 27.8. The van der Waals surface area contributed by atoms with Crippen LogP contribution in [0.1, 0.15) is 55.5 Å². The van der Waals surface area contributed by atoms with Gasteiger partial charge in [0.1, 0.15) is 29.5 Å². The van der Waals surface area contributed by atoms with Crippen molar-refractivity contribution in [2.45, 2.75) is 40.0 Å². The summed E-state index contributed by atoms with van der Waals surface area (Å²) in [5, 5.41) is 18.6. The van der Waals surface area contributed by atoms with Crippen LogP contribution in [0.15, 0.2) is 91.0 Å². The molecule has 1 unspecified atom stereocenters. The molecule has 2 N–H and O–H groups in total. The molecule has 0 saturated heterocycles. The van der Waals surface area contributed by atoms with Crippen LogP contribution in [0.3, 0.4) is 0 Å². The molecule has 0 spiro atoms. The Balaban J connectivity index is 1.44. The van der Waals surface area contributed by atoms with Crippen molar-refractivity contribution in [3.63, 3.8) is 0 Å². The van der Waals surface area contributed by atoms with Crippen LogP contribution in [0.25, 0.3) is 11.3 Å². The van der Waals surface area contributed by atoms with Gasteiger partial charge in [0.15, 0.2) is 0 Å². The van der Waals surface area contributed by atoms with Gasteiger partial charge in [-0.25, -0.2) is 0 Å². The van der Waals surface area contributed by atoms with Crippen LogP contribution < -0.4 is 4.74 Å². The van der Waals surface area contributed by atoms with Crippen molar-refractivity contribution in [1.82, 2.24) is 15.1 Å². The molecule has 200 valence electrons. The molecule has 1 aliphatic heterocycles. The smallest absolute Gasteiger partial charge is 0.273 e. The largest absolute Gasteiger partial charge is 0.507 e. The lowest BCUT2D eigenvalue weighted by molar-refractivity contribution is 0.0730. The van der Waals surface area contributed by atoms with Crippen molar-refractivity contribution < 1.29 is 14.6 Å². The number of benzene rings is 4. The van der Waals surface area contributed by atoms with E-state index in [9.17, 15) is 9.90 Å². The number of fused-ring (bicyclic) bond motifs is 1. The predicted molar refractivity (Wildman–Crippen MR) is 155 cm³/mol. The highest BCUT2D eigenvalue weighted by Gasteiger charge is 2.43. The third-order valence-electron chi connectivity index (χ3n) is 7.46. The number of hydrogen-bond acceptors (Lipinski definition) is 4. The Kier molecular flexibility index (Phi) is 6.60. The van der Waals surface area contributed by atoms with Crippen LogP contribution in [0.5, 0.6) is 11.5 Å². The molecule has 40 heavy (non-hydrogen) atoms. The Morgan fingerprint density at radius 1 is 0.875 bits per heavy atom. The molecule has 5 aromatic rings. The highest BCUT2D eigenvalue weighted by Crippen LogP contribution is 2.46. The van der Waals surface area contributed by atoms with Gasteiger partial charge < -0.3 is 14.7 Å². The number of aryl methyl sites for hydroxylation is 3. The molecule has 0 radical (unpaired) electrons. The second-order valence-electron chi connectivity index (χ2n) is 10.5. The number of carbonyl (C=O) groups is 1. The molecule has 1 aromatic heterocycles. The maximum absolute atomic E-state index is 13.9. The van der Waals surface area contributed by atoms with Crippen LogP contribution in [-0.4, -0.2) is 26.1 Å². The van der Waals surface area contributed by atoms with Gasteiger partial charge in [-0.2, -0.15) is 5.10 Å². The van der Waals surface area contributed by atoms with Crippen LogP contribution in [0.4, 0.5) is 0 Å². The van der Waals surface area contributed by atoms with Crippen molar-refractivity contribution in [2.24, 2.45) is 0 Å². The average Bonchev–Trinajstić information content (AvgIpc) is 3.48. The Labute approximate surface area is 233 Å². The van der Waals surface area contributed by atoms with Gasteiger partial charge in [0.05, 0.1) is 6.04 Å². The number of aromatic hydroxyl groups is 1. The van der Waals surface area contributed by atoms with Gasteiger partial charge in [-0.3, -0.25) is 9.89 Å². The lowest BCUT2D eigenvalue weighted by Crippen LogP contribution is -2.29. The van der Waals surface area contributed by atoms with E-state index >= 15 is 0 Å². The van der Waals surface area contributed by atoms with E-state index in [1.54, 1.807) is 6.07 Å². The standard InChI is InChI=1S/C34H31N3O3/c1-21-12-14-24(15-13-21)19-37-33(26-10-7-11-27(18-26)40-20-25-8-5-4-6-9-25)30-31(35-36-32(30)34(37)39)29-23(3)16-22(2)17-28(29)38/h4-18,33,38H,19-20H2,1-3H3,(H,35,36). The number of ether oxygens (including phenoxy) is 1. The third kappa shape index (κ3) is 4.73. The minimum absolute atomic E-state index is 0.126. The van der Waals surface area contributed by atoms with E-state index in [0.29, 0.717) is 30.1 Å². The number of rotatable bonds is 7. The summed E-state index contributed by atoms with van der Waals surface area (Å²) in [6, 6.07) is 29.5. The summed E-state index contributed by atoms with van der Waals surface area (Å²) in [5.41, 5.74) is 8.48. The van der Waals surface area contributed by atoms with Crippen molar-refractivity contribution in [2.75, 3.05) is 0 Å². The number of nitrogens with zero attached hydrogens (tertiary/aromatic N) is 2. The van der Waals surface area contributed by atoms with Crippen molar-refractivity contribution in [3.05, 3.63) is 136 Å². The van der Waals surface area contributed by atoms with Crippen molar-refractivity contribution in [1.29, 1.82) is 0 Å². The summed E-state index contributed by atoms with van der Waals surface area (Å²) in [6.07, 6.45) is 0. The first-order chi connectivity index (χ1) is 19.4. The fourth-order valence-corrected chi connectivity index (χ4v) is 5.56. The molecule has 1 aliphatic rings. The van der Waals surface area contributed by atoms with Gasteiger partial charge in [0.25, 0.3) is 5.91 Å². The number of phenolic OH excluding ortho intramolecular Hbond substituents is 1. The summed E-state index contributed by atoms with van der Waals surface area (Å²) in [4.78, 5) is 15.7. The summed E-state index contributed by atoms with van der Waals surface area (Å²) >= 11 is 0. The fraction of sp³-hybridized carbons (Fsp3) is 0.176. The Bertz CT molecular complexity index is 1670. The SMILES string of the molecule is Cc1ccc(CN2C(=O)c3[nH]nc(-c4c(C)cc(C)cc4O)c3C2c2cccc(OCc3ccccc3)c2)cc1. The lowest BCUT2D eigenvalue weighted by Gasteiger charge is -2.27. The Hall–Kier alpha value is -4.84. The summed E-state index contributed by atoms with van der Waals surface area (Å²) in [7, 11) is 0. The van der Waals surface area contributed by atoms with Gasteiger partial charge in [-0.05, 0) is 66.8 Å². The minimum Gasteiger partial charge on any atom is -0.507 e. The average molecular weight is 530 g/mol. The van der Waals surface area contributed by atoms with Crippen molar-refractivity contribution >= 4 is 5.91 Å². The van der Waals surface area contributed by atoms with E-state index in [0.717, 1.165) is 39.1 Å². The van der Waals surface area contributed by atoms with Gasteiger partial charge in [0.2, 0.25) is 0 Å². The maximum atomic E-state index is 13.9. The molecule has 0 saturated carbocycles. The second kappa shape index (κ2) is 10.4. The number of phenols is 1. The maximum Gasteiger partial charge on any atom is 0.273 e. The topological polar surface area (TPSA) is 78.5 Å². The molecule has 4 aromatic carbocycles. The molecule has 2 heterocycles. The lowest BCUT2D eigenvalue weighted by atomic mass is 9.93. The third-order valence-corrected chi connectivity index (χ3v) is 7.46. The normalized spacial score (nSPS) is 14.4. The first-order valence-corrected chi connectivity index (χ1v) is 13.4. The highest BCUT2D eigenvalue weighted by atomic mass is 16.5. The summed E-state index contributed by atoms with van der Waals surface area (Å²) < 4.78 is 6.15. The zero-order valence-corrected chi connectivity index (χ0v) is 22.8. The van der Waals surface area contributed by atoms with Crippen LogP contribution in [0, 0.1) is 20.8 Å². The van der Waals surface area contributed by atoms with E-state index in [1.165, 1.54) is 5.56 Å². The van der Waals surface area contributed by atoms with Gasteiger partial charge >= 0.3 is 0 Å². The van der Waals surface area contributed by atoms with Crippen molar-refractivity contribution in [3.8, 4) is 22.8 Å².